The molecule has 0 unspecified atom stereocenters. The van der Waals surface area contributed by atoms with Gasteiger partial charge in [0.05, 0.1) is 22.6 Å². The molecule has 0 radical (unpaired) electrons. The maximum Gasteiger partial charge on any atom is 0.277 e. The summed E-state index contributed by atoms with van der Waals surface area (Å²) in [5.74, 6) is -0.00983. The Morgan fingerprint density at radius 1 is 1.30 bits per heavy atom. The molecule has 0 saturated carbocycles. The van der Waals surface area contributed by atoms with Gasteiger partial charge in [0, 0.05) is 11.8 Å². The van der Waals surface area contributed by atoms with E-state index >= 15 is 0 Å². The third-order valence-corrected chi connectivity index (χ3v) is 4.11. The molecule has 0 aliphatic carbocycles. The highest BCUT2D eigenvalue weighted by atomic mass is 35.5. The normalized spacial score (nSPS) is 11.9. The van der Waals surface area contributed by atoms with Crippen molar-refractivity contribution in [2.75, 3.05) is 5.32 Å². The number of benzene rings is 1. The molecule has 1 amide bonds. The van der Waals surface area contributed by atoms with Crippen LogP contribution in [0.3, 0.4) is 0 Å². The van der Waals surface area contributed by atoms with Gasteiger partial charge in [-0.15, -0.1) is 0 Å². The Bertz CT molecular complexity index is 1080. The number of hydrogen-bond donors (Lipinski definition) is 1. The molecule has 27 heavy (non-hydrogen) atoms. The molecular weight excluding hydrogens is 364 g/mol. The molecule has 0 aliphatic heterocycles. The quantitative estimate of drug-likeness (QED) is 0.537. The SMILES string of the molecule is C=N/C(=C\N=CC)C(=O)Nc1c(C)nc2ccc(-c3ccccc3Cl)nn12. The fourth-order valence-electron chi connectivity index (χ4n) is 2.49. The predicted molar refractivity (Wildman–Crippen MR) is 109 cm³/mol. The summed E-state index contributed by atoms with van der Waals surface area (Å²) in [6.07, 6.45) is 2.89. The maximum absolute atomic E-state index is 12.5. The Balaban J connectivity index is 2.04. The van der Waals surface area contributed by atoms with Gasteiger partial charge < -0.3 is 5.32 Å². The zero-order valence-electron chi connectivity index (χ0n) is 14.8. The second-order valence-corrected chi connectivity index (χ2v) is 5.96. The first-order valence-electron chi connectivity index (χ1n) is 8.12. The first kappa shape index (κ1) is 18.5. The van der Waals surface area contributed by atoms with Crippen LogP contribution >= 0.6 is 11.6 Å². The van der Waals surface area contributed by atoms with Crippen LogP contribution in [0.1, 0.15) is 12.6 Å². The van der Waals surface area contributed by atoms with Gasteiger partial charge in [0.15, 0.2) is 11.5 Å². The minimum atomic E-state index is -0.453. The molecule has 8 heteroatoms. The van der Waals surface area contributed by atoms with Crippen molar-refractivity contribution in [3.63, 3.8) is 0 Å². The van der Waals surface area contributed by atoms with Gasteiger partial charge in [-0.3, -0.25) is 14.8 Å². The summed E-state index contributed by atoms with van der Waals surface area (Å²) >= 11 is 6.27. The van der Waals surface area contributed by atoms with Gasteiger partial charge in [-0.2, -0.15) is 9.61 Å². The highest BCUT2D eigenvalue weighted by molar-refractivity contribution is 6.33. The van der Waals surface area contributed by atoms with E-state index in [0.717, 1.165) is 5.56 Å². The molecule has 0 spiro atoms. The average molecular weight is 381 g/mol. The van der Waals surface area contributed by atoms with E-state index in [4.69, 9.17) is 11.6 Å². The van der Waals surface area contributed by atoms with Crippen molar-refractivity contribution in [3.8, 4) is 11.3 Å². The number of amides is 1. The lowest BCUT2D eigenvalue weighted by Crippen LogP contribution is -2.16. The van der Waals surface area contributed by atoms with E-state index in [2.05, 4.69) is 32.1 Å². The van der Waals surface area contributed by atoms with E-state index in [1.165, 1.54) is 6.20 Å². The Kier molecular flexibility index (Phi) is 5.42. The summed E-state index contributed by atoms with van der Waals surface area (Å²) in [7, 11) is 0. The first-order chi connectivity index (χ1) is 13.0. The largest absolute Gasteiger partial charge is 0.304 e. The van der Waals surface area contributed by atoms with E-state index in [0.29, 0.717) is 27.9 Å². The van der Waals surface area contributed by atoms with Crippen LogP contribution in [-0.4, -0.2) is 33.4 Å². The van der Waals surface area contributed by atoms with Crippen LogP contribution in [-0.2, 0) is 4.79 Å². The number of aliphatic imine (C=N–C) groups is 2. The van der Waals surface area contributed by atoms with E-state index in [-0.39, 0.29) is 5.70 Å². The number of carbonyl (C=O) groups excluding carboxylic acids is 1. The molecule has 0 bridgehead atoms. The minimum absolute atomic E-state index is 0.0877. The fraction of sp³-hybridized carbons (Fsp3) is 0.105. The number of carbonyl (C=O) groups is 1. The lowest BCUT2D eigenvalue weighted by molar-refractivity contribution is -0.112. The van der Waals surface area contributed by atoms with Gasteiger partial charge >= 0.3 is 0 Å². The standard InChI is InChI=1S/C19H17ClN6O/c1-4-22-11-16(21-3)19(27)24-18-12(2)23-17-10-9-15(25-26(17)18)13-7-5-6-8-14(13)20/h4-11H,3H2,1-2H3,(H,24,27)/b16-11-,22-4?. The van der Waals surface area contributed by atoms with Crippen molar-refractivity contribution in [2.45, 2.75) is 13.8 Å². The molecule has 0 atom stereocenters. The van der Waals surface area contributed by atoms with Crippen LogP contribution in [0.5, 0.6) is 0 Å². The van der Waals surface area contributed by atoms with Gasteiger partial charge in [-0.1, -0.05) is 29.8 Å². The number of anilines is 1. The Labute approximate surface area is 161 Å². The number of aromatic nitrogens is 3. The van der Waals surface area contributed by atoms with Crippen molar-refractivity contribution in [2.24, 2.45) is 9.98 Å². The van der Waals surface area contributed by atoms with Crippen molar-refractivity contribution < 1.29 is 4.79 Å². The summed E-state index contributed by atoms with van der Waals surface area (Å²) in [5.41, 5.74) is 2.76. The number of halogens is 1. The van der Waals surface area contributed by atoms with E-state index in [1.54, 1.807) is 30.6 Å². The molecule has 1 aromatic carbocycles. The van der Waals surface area contributed by atoms with Crippen LogP contribution in [0.15, 0.2) is 58.3 Å². The zero-order valence-corrected chi connectivity index (χ0v) is 15.6. The minimum Gasteiger partial charge on any atom is -0.304 e. The average Bonchev–Trinajstić information content (AvgIpc) is 2.97. The summed E-state index contributed by atoms with van der Waals surface area (Å²) in [6.45, 7) is 6.93. The van der Waals surface area contributed by atoms with E-state index in [9.17, 15) is 4.79 Å². The lowest BCUT2D eigenvalue weighted by atomic mass is 10.1. The predicted octanol–water partition coefficient (Wildman–Crippen LogP) is 3.93. The monoisotopic (exact) mass is 380 g/mol. The van der Waals surface area contributed by atoms with Crippen molar-refractivity contribution in [3.05, 3.63) is 59.0 Å². The fourth-order valence-corrected chi connectivity index (χ4v) is 2.72. The Hall–Kier alpha value is -3.32. The molecule has 7 nitrogen and oxygen atoms in total. The summed E-state index contributed by atoms with van der Waals surface area (Å²) in [5, 5.41) is 7.95. The molecule has 2 aromatic heterocycles. The van der Waals surface area contributed by atoms with Crippen molar-refractivity contribution in [1.29, 1.82) is 0 Å². The zero-order chi connectivity index (χ0) is 19.4. The number of rotatable bonds is 5. The number of aryl methyl sites for hydroxylation is 1. The van der Waals surface area contributed by atoms with Gasteiger partial charge in [-0.25, -0.2) is 4.98 Å². The van der Waals surface area contributed by atoms with Crippen molar-refractivity contribution in [1.82, 2.24) is 14.6 Å². The third kappa shape index (κ3) is 3.78. The number of hydrogen-bond acceptors (Lipinski definition) is 5. The molecular formula is C19H17ClN6O. The highest BCUT2D eigenvalue weighted by Gasteiger charge is 2.16. The number of imidazole rings is 1. The highest BCUT2D eigenvalue weighted by Crippen LogP contribution is 2.27. The number of nitrogens with one attached hydrogen (secondary N) is 1. The van der Waals surface area contributed by atoms with Crippen LogP contribution < -0.4 is 5.32 Å². The van der Waals surface area contributed by atoms with Crippen LogP contribution in [0.25, 0.3) is 16.9 Å². The summed E-state index contributed by atoms with van der Waals surface area (Å²) in [6, 6.07) is 11.1. The second-order valence-electron chi connectivity index (χ2n) is 5.55. The Morgan fingerprint density at radius 3 is 2.78 bits per heavy atom. The molecule has 3 aromatic rings. The van der Waals surface area contributed by atoms with Gasteiger partial charge in [-0.05, 0) is 38.8 Å². The van der Waals surface area contributed by atoms with Gasteiger partial charge in [0.2, 0.25) is 0 Å². The lowest BCUT2D eigenvalue weighted by Gasteiger charge is -2.07. The van der Waals surface area contributed by atoms with Gasteiger partial charge in [0.25, 0.3) is 5.91 Å². The van der Waals surface area contributed by atoms with Crippen LogP contribution in [0, 0.1) is 6.92 Å². The topological polar surface area (TPSA) is 84.0 Å². The van der Waals surface area contributed by atoms with Crippen LogP contribution in [0.4, 0.5) is 5.82 Å². The smallest absolute Gasteiger partial charge is 0.277 e. The first-order valence-corrected chi connectivity index (χ1v) is 8.50. The molecule has 3 rings (SSSR count). The van der Waals surface area contributed by atoms with E-state index in [1.807, 2.05) is 30.3 Å². The Morgan fingerprint density at radius 2 is 2.07 bits per heavy atom. The second kappa shape index (κ2) is 7.92. The molecule has 0 fully saturated rings. The summed E-state index contributed by atoms with van der Waals surface area (Å²) in [4.78, 5) is 24.5. The molecule has 0 saturated heterocycles. The van der Waals surface area contributed by atoms with E-state index < -0.39 is 5.91 Å². The third-order valence-electron chi connectivity index (χ3n) is 3.78. The number of fused-ring (bicyclic) bond motifs is 1. The van der Waals surface area contributed by atoms with Crippen LogP contribution in [0.2, 0.25) is 5.02 Å². The summed E-state index contributed by atoms with van der Waals surface area (Å²) < 4.78 is 1.57. The molecule has 2 heterocycles. The number of nitrogens with zero attached hydrogens (tertiary/aromatic N) is 5. The van der Waals surface area contributed by atoms with Crippen molar-refractivity contribution >= 4 is 41.9 Å². The molecule has 0 aliphatic rings. The maximum atomic E-state index is 12.5. The molecule has 136 valence electrons. The van der Waals surface area contributed by atoms with Gasteiger partial charge in [0.1, 0.15) is 5.70 Å². The molecule has 1 N–H and O–H groups in total.